The maximum Gasteiger partial charge on any atom is 0.191 e. The fourth-order valence-electron chi connectivity index (χ4n) is 2.23. The lowest BCUT2D eigenvalue weighted by molar-refractivity contribution is 0.180. The minimum Gasteiger partial charge on any atom is -0.497 e. The van der Waals surface area contributed by atoms with Gasteiger partial charge in [0.25, 0.3) is 0 Å². The third-order valence-corrected chi connectivity index (χ3v) is 3.54. The van der Waals surface area contributed by atoms with Gasteiger partial charge in [-0.1, -0.05) is 0 Å². The molecule has 1 unspecified atom stereocenters. The number of aliphatic hydroxyl groups excluding tert-OH is 1. The van der Waals surface area contributed by atoms with Crippen LogP contribution in [0.4, 0.5) is 0 Å². The lowest BCUT2D eigenvalue weighted by Crippen LogP contribution is -2.39. The predicted octanol–water partition coefficient (Wildman–Crippen LogP) is 2.70. The highest BCUT2D eigenvalue weighted by Gasteiger charge is 2.12. The number of halogens is 1. The van der Waals surface area contributed by atoms with Crippen molar-refractivity contribution < 1.29 is 19.0 Å². The molecule has 7 nitrogen and oxygen atoms in total. The number of nitrogens with zero attached hydrogens (tertiary/aromatic N) is 1. The monoisotopic (exact) mass is 475 g/mol. The Kier molecular flexibility index (Phi) is 9.89. The lowest BCUT2D eigenvalue weighted by Gasteiger charge is -2.17. The van der Waals surface area contributed by atoms with E-state index in [-0.39, 0.29) is 24.0 Å². The molecule has 0 radical (unpaired) electrons. The third-order valence-electron chi connectivity index (χ3n) is 3.54. The first-order valence-corrected chi connectivity index (χ1v) is 8.11. The van der Waals surface area contributed by atoms with Crippen molar-refractivity contribution in [2.45, 2.75) is 19.6 Å². The van der Waals surface area contributed by atoms with E-state index >= 15 is 0 Å². The zero-order valence-corrected chi connectivity index (χ0v) is 17.5. The van der Waals surface area contributed by atoms with Crippen molar-refractivity contribution in [1.29, 1.82) is 0 Å². The van der Waals surface area contributed by atoms with Crippen molar-refractivity contribution in [3.8, 4) is 11.5 Å². The molecule has 1 atom stereocenters. The number of guanidine groups is 1. The van der Waals surface area contributed by atoms with Crippen LogP contribution in [0.1, 0.15) is 24.4 Å². The van der Waals surface area contributed by atoms with Gasteiger partial charge in [-0.15, -0.1) is 24.0 Å². The van der Waals surface area contributed by atoms with Crippen LogP contribution in [0.2, 0.25) is 0 Å². The number of benzene rings is 1. The number of hydrogen-bond acceptors (Lipinski definition) is 5. The van der Waals surface area contributed by atoms with Gasteiger partial charge in [-0.05, 0) is 36.8 Å². The molecule has 1 heterocycles. The number of aliphatic hydroxyl groups is 1. The molecule has 0 amide bonds. The highest BCUT2D eigenvalue weighted by molar-refractivity contribution is 14.0. The van der Waals surface area contributed by atoms with E-state index in [1.165, 1.54) is 0 Å². The molecule has 2 aromatic rings. The van der Waals surface area contributed by atoms with Gasteiger partial charge in [0.2, 0.25) is 0 Å². The van der Waals surface area contributed by atoms with E-state index in [9.17, 15) is 5.11 Å². The Morgan fingerprint density at radius 1 is 1.19 bits per heavy atom. The average molecular weight is 475 g/mol. The van der Waals surface area contributed by atoms with Gasteiger partial charge in [-0.25, -0.2) is 4.99 Å². The minimum absolute atomic E-state index is 0. The van der Waals surface area contributed by atoms with Crippen LogP contribution < -0.4 is 20.1 Å². The molecule has 1 aromatic heterocycles. The van der Waals surface area contributed by atoms with E-state index in [4.69, 9.17) is 13.9 Å². The van der Waals surface area contributed by atoms with Crippen LogP contribution in [0.3, 0.4) is 0 Å². The molecular weight excluding hydrogens is 449 g/mol. The summed E-state index contributed by atoms with van der Waals surface area (Å²) in [6.07, 6.45) is 0.877. The van der Waals surface area contributed by atoms with Gasteiger partial charge in [0.15, 0.2) is 5.96 Å². The number of nitrogens with one attached hydrogen (secondary N) is 2. The van der Waals surface area contributed by atoms with Gasteiger partial charge in [-0.3, -0.25) is 0 Å². The number of hydrogen-bond donors (Lipinski definition) is 3. The van der Waals surface area contributed by atoms with E-state index in [0.29, 0.717) is 42.7 Å². The lowest BCUT2D eigenvalue weighted by atomic mass is 10.1. The van der Waals surface area contributed by atoms with Crippen molar-refractivity contribution in [2.75, 3.05) is 27.3 Å². The van der Waals surface area contributed by atoms with Crippen molar-refractivity contribution in [1.82, 2.24) is 10.6 Å². The third kappa shape index (κ3) is 6.75. The second-order valence-corrected chi connectivity index (χ2v) is 5.32. The van der Waals surface area contributed by atoms with Crippen molar-refractivity contribution >= 4 is 29.9 Å². The molecule has 0 spiro atoms. The quantitative estimate of drug-likeness (QED) is 0.309. The Morgan fingerprint density at radius 2 is 1.88 bits per heavy atom. The van der Waals surface area contributed by atoms with Gasteiger partial charge in [0.1, 0.15) is 23.8 Å². The Balaban J connectivity index is 0.00000338. The molecule has 0 saturated heterocycles. The summed E-state index contributed by atoms with van der Waals surface area (Å²) in [6, 6.07) is 9.01. The normalized spacial score (nSPS) is 12.1. The van der Waals surface area contributed by atoms with Crippen LogP contribution in [0, 0.1) is 0 Å². The first kappa shape index (κ1) is 22.1. The predicted molar refractivity (Wildman–Crippen MR) is 111 cm³/mol. The van der Waals surface area contributed by atoms with Crippen LogP contribution in [0.5, 0.6) is 11.5 Å². The van der Waals surface area contributed by atoms with Crippen LogP contribution in [0.15, 0.2) is 46.0 Å². The summed E-state index contributed by atoms with van der Waals surface area (Å²) in [5, 5.41) is 16.7. The highest BCUT2D eigenvalue weighted by Crippen LogP contribution is 2.26. The fourth-order valence-corrected chi connectivity index (χ4v) is 2.23. The molecule has 0 fully saturated rings. The molecule has 144 valence electrons. The maximum absolute atomic E-state index is 10.5. The number of rotatable bonds is 8. The van der Waals surface area contributed by atoms with Crippen molar-refractivity contribution in [3.05, 3.63) is 47.9 Å². The van der Waals surface area contributed by atoms with Crippen molar-refractivity contribution in [3.63, 3.8) is 0 Å². The molecule has 2 rings (SSSR count). The number of furan rings is 1. The molecule has 0 aliphatic carbocycles. The van der Waals surface area contributed by atoms with E-state index in [1.54, 1.807) is 38.7 Å². The highest BCUT2D eigenvalue weighted by atomic mass is 127. The number of methoxy groups -OCH3 is 2. The van der Waals surface area contributed by atoms with E-state index < -0.39 is 6.10 Å². The fraction of sp³-hybridized carbons (Fsp3) is 0.389. The molecule has 3 N–H and O–H groups in total. The van der Waals surface area contributed by atoms with Gasteiger partial charge < -0.3 is 29.6 Å². The van der Waals surface area contributed by atoms with E-state index in [1.807, 2.05) is 19.1 Å². The van der Waals surface area contributed by atoms with Gasteiger partial charge in [-0.2, -0.15) is 0 Å². The zero-order chi connectivity index (χ0) is 18.1. The number of ether oxygens (including phenoxy) is 2. The van der Waals surface area contributed by atoms with Crippen LogP contribution in [0.25, 0.3) is 0 Å². The smallest absolute Gasteiger partial charge is 0.191 e. The van der Waals surface area contributed by atoms with Crippen LogP contribution in [-0.2, 0) is 6.54 Å². The minimum atomic E-state index is -0.739. The number of aliphatic imine (C=N–C) groups is 1. The molecule has 0 saturated carbocycles. The summed E-state index contributed by atoms with van der Waals surface area (Å²) in [4.78, 5) is 4.43. The Morgan fingerprint density at radius 3 is 2.42 bits per heavy atom. The molecule has 8 heteroatoms. The summed E-state index contributed by atoms with van der Waals surface area (Å²) < 4.78 is 15.7. The second kappa shape index (κ2) is 11.6. The molecule has 0 bridgehead atoms. The van der Waals surface area contributed by atoms with Gasteiger partial charge in [0.05, 0.1) is 26.6 Å². The topological polar surface area (TPSA) is 88.3 Å². The average Bonchev–Trinajstić information content (AvgIpc) is 3.16. The molecule has 0 aliphatic rings. The van der Waals surface area contributed by atoms with Crippen LogP contribution >= 0.6 is 24.0 Å². The van der Waals surface area contributed by atoms with E-state index in [0.717, 1.165) is 5.76 Å². The van der Waals surface area contributed by atoms with Crippen LogP contribution in [-0.4, -0.2) is 38.4 Å². The first-order chi connectivity index (χ1) is 12.2. The molecule has 1 aromatic carbocycles. The molecule has 26 heavy (non-hydrogen) atoms. The van der Waals surface area contributed by atoms with E-state index in [2.05, 4.69) is 15.6 Å². The second-order valence-electron chi connectivity index (χ2n) is 5.32. The summed E-state index contributed by atoms with van der Waals surface area (Å²) in [5.74, 6) is 2.64. The summed E-state index contributed by atoms with van der Waals surface area (Å²) in [7, 11) is 3.15. The van der Waals surface area contributed by atoms with Gasteiger partial charge >= 0.3 is 0 Å². The SMILES string of the molecule is CCNC(=NCc1ccco1)NCC(O)c1cc(OC)cc(OC)c1.I. The Labute approximate surface area is 170 Å². The Hall–Kier alpha value is -1.94. The Bertz CT molecular complexity index is 655. The zero-order valence-electron chi connectivity index (χ0n) is 15.2. The summed E-state index contributed by atoms with van der Waals surface area (Å²) in [5.41, 5.74) is 0.700. The summed E-state index contributed by atoms with van der Waals surface area (Å²) >= 11 is 0. The largest absolute Gasteiger partial charge is 0.497 e. The summed E-state index contributed by atoms with van der Waals surface area (Å²) in [6.45, 7) is 3.41. The standard InChI is InChI=1S/C18H25N3O4.HI/c1-4-19-18(20-11-14-6-5-7-25-14)21-12-17(22)13-8-15(23-2)10-16(9-13)24-3;/h5-10,17,22H,4,11-12H2,1-3H3,(H2,19,20,21);1H. The molecule has 0 aliphatic heterocycles. The first-order valence-electron chi connectivity index (χ1n) is 8.11. The molecular formula is C18H26IN3O4. The van der Waals surface area contributed by atoms with Gasteiger partial charge in [0, 0.05) is 19.2 Å². The maximum atomic E-state index is 10.5. The van der Waals surface area contributed by atoms with Crippen molar-refractivity contribution in [2.24, 2.45) is 4.99 Å².